The maximum absolute atomic E-state index is 10.5. The predicted octanol–water partition coefficient (Wildman–Crippen LogP) is 0.613. The third-order valence-electron chi connectivity index (χ3n) is 1.52. The zero-order valence-corrected chi connectivity index (χ0v) is 6.28. The summed E-state index contributed by atoms with van der Waals surface area (Å²) in [5.41, 5.74) is 5.10. The van der Waals surface area contributed by atoms with Crippen LogP contribution in [0.4, 0.5) is 0 Å². The van der Waals surface area contributed by atoms with E-state index in [2.05, 4.69) is 6.92 Å². The van der Waals surface area contributed by atoms with Crippen molar-refractivity contribution in [2.24, 2.45) is 11.7 Å². The number of rotatable bonds is 1. The van der Waals surface area contributed by atoms with Gasteiger partial charge in [-0.3, -0.25) is 4.79 Å². The summed E-state index contributed by atoms with van der Waals surface area (Å²) in [6.07, 6.45) is 0.972. The van der Waals surface area contributed by atoms with Crippen LogP contribution >= 0.6 is 11.8 Å². The van der Waals surface area contributed by atoms with Gasteiger partial charge in [0.05, 0.1) is 5.25 Å². The second-order valence-corrected chi connectivity index (χ2v) is 3.80. The van der Waals surface area contributed by atoms with Crippen LogP contribution in [0.5, 0.6) is 0 Å². The van der Waals surface area contributed by atoms with E-state index < -0.39 is 0 Å². The molecule has 9 heavy (non-hydrogen) atoms. The van der Waals surface area contributed by atoms with Crippen molar-refractivity contribution < 1.29 is 4.79 Å². The van der Waals surface area contributed by atoms with Gasteiger partial charge in [0.25, 0.3) is 0 Å². The van der Waals surface area contributed by atoms with Crippen LogP contribution in [0.3, 0.4) is 0 Å². The molecule has 0 aromatic heterocycles. The number of carbonyl (C=O) groups is 1. The van der Waals surface area contributed by atoms with Crippen molar-refractivity contribution >= 4 is 17.7 Å². The Labute approximate surface area is 59.2 Å². The lowest BCUT2D eigenvalue weighted by Gasteiger charge is -2.00. The number of hydrogen-bond donors (Lipinski definition) is 1. The van der Waals surface area contributed by atoms with Crippen molar-refractivity contribution in [3.05, 3.63) is 0 Å². The first-order valence-electron chi connectivity index (χ1n) is 3.11. The molecule has 2 nitrogen and oxygen atoms in total. The number of primary amides is 1. The first-order valence-corrected chi connectivity index (χ1v) is 4.16. The molecule has 1 fully saturated rings. The molecule has 0 bridgehead atoms. The van der Waals surface area contributed by atoms with Gasteiger partial charge in [-0.05, 0) is 18.1 Å². The third-order valence-corrected chi connectivity index (χ3v) is 3.10. The summed E-state index contributed by atoms with van der Waals surface area (Å²) in [5, 5.41) is 0.0972. The number of thioether (sulfide) groups is 1. The van der Waals surface area contributed by atoms with Gasteiger partial charge in [0.2, 0.25) is 5.91 Å². The van der Waals surface area contributed by atoms with Crippen LogP contribution in [0.1, 0.15) is 13.3 Å². The van der Waals surface area contributed by atoms with E-state index in [0.717, 1.165) is 12.2 Å². The molecule has 3 heteroatoms. The molecule has 0 saturated carbocycles. The van der Waals surface area contributed by atoms with Crippen LogP contribution in [0.2, 0.25) is 0 Å². The van der Waals surface area contributed by atoms with E-state index in [1.54, 1.807) is 11.8 Å². The van der Waals surface area contributed by atoms with E-state index >= 15 is 0 Å². The van der Waals surface area contributed by atoms with Crippen LogP contribution in [0.25, 0.3) is 0 Å². The minimum atomic E-state index is -0.149. The highest BCUT2D eigenvalue weighted by molar-refractivity contribution is 8.00. The van der Waals surface area contributed by atoms with E-state index in [1.807, 2.05) is 0 Å². The standard InChI is InChI=1S/C6H11NOS/c1-4-2-5(6(7)8)9-3-4/h4-5H,2-3H2,1H3,(H2,7,8). The quantitative estimate of drug-likeness (QED) is 0.587. The highest BCUT2D eigenvalue weighted by atomic mass is 32.2. The Balaban J connectivity index is 2.39. The number of amides is 1. The van der Waals surface area contributed by atoms with Gasteiger partial charge in [0, 0.05) is 0 Å². The SMILES string of the molecule is CC1CSC(C(N)=O)C1. The molecule has 2 N–H and O–H groups in total. The minimum Gasteiger partial charge on any atom is -0.369 e. The summed E-state index contributed by atoms with van der Waals surface area (Å²) in [5.74, 6) is 1.62. The van der Waals surface area contributed by atoms with E-state index in [9.17, 15) is 4.79 Å². The van der Waals surface area contributed by atoms with E-state index in [-0.39, 0.29) is 11.2 Å². The molecule has 1 aliphatic rings. The monoisotopic (exact) mass is 145 g/mol. The first-order chi connectivity index (χ1) is 4.20. The largest absolute Gasteiger partial charge is 0.369 e. The third kappa shape index (κ3) is 1.61. The van der Waals surface area contributed by atoms with E-state index in [0.29, 0.717) is 5.92 Å². The van der Waals surface area contributed by atoms with Gasteiger partial charge < -0.3 is 5.73 Å². The zero-order valence-electron chi connectivity index (χ0n) is 5.46. The van der Waals surface area contributed by atoms with Crippen molar-refractivity contribution in [1.29, 1.82) is 0 Å². The summed E-state index contributed by atoms with van der Waals surface area (Å²) in [7, 11) is 0. The molecule has 0 aromatic carbocycles. The van der Waals surface area contributed by atoms with Gasteiger partial charge in [-0.1, -0.05) is 6.92 Å². The van der Waals surface area contributed by atoms with Crippen LogP contribution in [-0.2, 0) is 4.79 Å². The Morgan fingerprint density at radius 3 is 2.67 bits per heavy atom. The molecule has 2 unspecified atom stereocenters. The van der Waals surface area contributed by atoms with Crippen molar-refractivity contribution in [2.75, 3.05) is 5.75 Å². The van der Waals surface area contributed by atoms with Crippen LogP contribution in [0.15, 0.2) is 0 Å². The maximum atomic E-state index is 10.5. The highest BCUT2D eigenvalue weighted by Crippen LogP contribution is 2.30. The molecular formula is C6H11NOS. The second kappa shape index (κ2) is 2.60. The van der Waals surface area contributed by atoms with Gasteiger partial charge in [-0.2, -0.15) is 0 Å². The number of carbonyl (C=O) groups excluding carboxylic acids is 1. The molecule has 1 saturated heterocycles. The van der Waals surface area contributed by atoms with Gasteiger partial charge in [-0.25, -0.2) is 0 Å². The maximum Gasteiger partial charge on any atom is 0.230 e. The Morgan fingerprint density at radius 1 is 1.78 bits per heavy atom. The summed E-state index contributed by atoms with van der Waals surface area (Å²) in [4.78, 5) is 10.5. The molecule has 1 heterocycles. The highest BCUT2D eigenvalue weighted by Gasteiger charge is 2.25. The molecule has 0 spiro atoms. The lowest BCUT2D eigenvalue weighted by molar-refractivity contribution is -0.117. The second-order valence-electron chi connectivity index (χ2n) is 2.57. The lowest BCUT2D eigenvalue weighted by Crippen LogP contribution is -2.23. The van der Waals surface area contributed by atoms with Crippen molar-refractivity contribution in [2.45, 2.75) is 18.6 Å². The van der Waals surface area contributed by atoms with E-state index in [1.165, 1.54) is 0 Å². The fourth-order valence-corrected chi connectivity index (χ4v) is 2.31. The van der Waals surface area contributed by atoms with Crippen molar-refractivity contribution in [3.63, 3.8) is 0 Å². The summed E-state index contributed by atoms with van der Waals surface area (Å²) >= 11 is 1.68. The molecule has 0 aliphatic carbocycles. The smallest absolute Gasteiger partial charge is 0.230 e. The van der Waals surface area contributed by atoms with Crippen molar-refractivity contribution in [1.82, 2.24) is 0 Å². The molecule has 2 atom stereocenters. The molecule has 0 radical (unpaired) electrons. The van der Waals surface area contributed by atoms with E-state index in [4.69, 9.17) is 5.73 Å². The average Bonchev–Trinajstić information content (AvgIpc) is 2.14. The topological polar surface area (TPSA) is 43.1 Å². The molecule has 52 valence electrons. The lowest BCUT2D eigenvalue weighted by atomic mass is 10.1. The van der Waals surface area contributed by atoms with Crippen LogP contribution in [-0.4, -0.2) is 16.9 Å². The predicted molar refractivity (Wildman–Crippen MR) is 39.2 cm³/mol. The molecule has 1 rings (SSSR count). The Morgan fingerprint density at radius 2 is 2.44 bits per heavy atom. The summed E-state index contributed by atoms with van der Waals surface area (Å²) in [6, 6.07) is 0. The normalized spacial score (nSPS) is 34.8. The zero-order chi connectivity index (χ0) is 6.85. The van der Waals surface area contributed by atoms with Gasteiger partial charge in [-0.15, -0.1) is 11.8 Å². The average molecular weight is 145 g/mol. The number of nitrogens with two attached hydrogens (primary N) is 1. The van der Waals surface area contributed by atoms with Gasteiger partial charge in [0.15, 0.2) is 0 Å². The molecule has 1 aliphatic heterocycles. The first kappa shape index (κ1) is 6.93. The Kier molecular flexibility index (Phi) is 2.01. The Bertz CT molecular complexity index is 126. The Hall–Kier alpha value is -0.180. The number of hydrogen-bond acceptors (Lipinski definition) is 2. The summed E-state index contributed by atoms with van der Waals surface area (Å²) in [6.45, 7) is 2.15. The van der Waals surface area contributed by atoms with Crippen LogP contribution in [0, 0.1) is 5.92 Å². The van der Waals surface area contributed by atoms with Gasteiger partial charge >= 0.3 is 0 Å². The summed E-state index contributed by atoms with van der Waals surface area (Å²) < 4.78 is 0. The van der Waals surface area contributed by atoms with Gasteiger partial charge in [0.1, 0.15) is 0 Å². The van der Waals surface area contributed by atoms with Crippen LogP contribution < -0.4 is 5.73 Å². The fourth-order valence-electron chi connectivity index (χ4n) is 0.980. The minimum absolute atomic E-state index is 0.0972. The van der Waals surface area contributed by atoms with Crippen molar-refractivity contribution in [3.8, 4) is 0 Å². The fraction of sp³-hybridized carbons (Fsp3) is 0.833. The molecular weight excluding hydrogens is 134 g/mol. The molecule has 0 aromatic rings. The molecule has 1 amide bonds.